The molecule has 0 radical (unpaired) electrons. The zero-order valence-corrected chi connectivity index (χ0v) is 7.70. The van der Waals surface area contributed by atoms with Gasteiger partial charge in [0, 0.05) is 11.6 Å². The minimum Gasteiger partial charge on any atom is -0.324 e. The molecule has 2 N–H and O–H groups in total. The Morgan fingerprint density at radius 1 is 1.31 bits per heavy atom. The highest BCUT2D eigenvalue weighted by Gasteiger charge is 2.23. The smallest absolute Gasteiger partial charge is 0.137 e. The van der Waals surface area contributed by atoms with Crippen molar-refractivity contribution in [3.05, 3.63) is 29.3 Å². The van der Waals surface area contributed by atoms with E-state index in [-0.39, 0.29) is 11.9 Å². The summed E-state index contributed by atoms with van der Waals surface area (Å²) in [5.74, 6) is 0.00167. The standard InChI is InChI=1S/C9H9F2NS/c10-5-1-2-6(11)9-8(5)7(12)3-4-13-9/h1-2,7H,3-4,12H2. The van der Waals surface area contributed by atoms with Crippen molar-refractivity contribution in [3.8, 4) is 0 Å². The van der Waals surface area contributed by atoms with Crippen molar-refractivity contribution in [2.45, 2.75) is 17.4 Å². The van der Waals surface area contributed by atoms with Crippen LogP contribution in [0.1, 0.15) is 18.0 Å². The van der Waals surface area contributed by atoms with Gasteiger partial charge in [0.25, 0.3) is 0 Å². The Morgan fingerprint density at radius 2 is 2.00 bits per heavy atom. The number of benzene rings is 1. The van der Waals surface area contributed by atoms with E-state index in [0.29, 0.717) is 16.9 Å². The van der Waals surface area contributed by atoms with E-state index in [9.17, 15) is 8.78 Å². The summed E-state index contributed by atoms with van der Waals surface area (Å²) in [5.41, 5.74) is 6.04. The van der Waals surface area contributed by atoms with E-state index in [0.717, 1.165) is 17.9 Å². The van der Waals surface area contributed by atoms with E-state index in [1.165, 1.54) is 11.8 Å². The Labute approximate surface area is 79.3 Å². The van der Waals surface area contributed by atoms with Crippen LogP contribution in [0.5, 0.6) is 0 Å². The molecule has 1 aromatic rings. The number of nitrogens with two attached hydrogens (primary N) is 1. The molecule has 13 heavy (non-hydrogen) atoms. The molecule has 1 nitrogen and oxygen atoms in total. The number of rotatable bonds is 0. The van der Waals surface area contributed by atoms with Crippen molar-refractivity contribution in [3.63, 3.8) is 0 Å². The van der Waals surface area contributed by atoms with Crippen LogP contribution in [-0.4, -0.2) is 5.75 Å². The third-order valence-electron chi connectivity index (χ3n) is 2.14. The highest BCUT2D eigenvalue weighted by atomic mass is 32.2. The second-order valence-corrected chi connectivity index (χ2v) is 4.12. The third-order valence-corrected chi connectivity index (χ3v) is 3.28. The molecule has 1 atom stereocenters. The van der Waals surface area contributed by atoms with E-state index in [2.05, 4.69) is 0 Å². The first-order chi connectivity index (χ1) is 6.20. The van der Waals surface area contributed by atoms with Crippen molar-refractivity contribution in [2.24, 2.45) is 5.73 Å². The lowest BCUT2D eigenvalue weighted by Gasteiger charge is -2.22. The average molecular weight is 201 g/mol. The molecule has 1 aromatic carbocycles. The van der Waals surface area contributed by atoms with Gasteiger partial charge in [-0.05, 0) is 24.3 Å². The number of hydrogen-bond acceptors (Lipinski definition) is 2. The average Bonchev–Trinajstić information content (AvgIpc) is 2.12. The number of halogens is 2. The van der Waals surface area contributed by atoms with E-state index in [4.69, 9.17) is 5.73 Å². The van der Waals surface area contributed by atoms with Crippen LogP contribution < -0.4 is 5.73 Å². The van der Waals surface area contributed by atoms with Gasteiger partial charge in [-0.2, -0.15) is 0 Å². The second kappa shape index (κ2) is 3.27. The topological polar surface area (TPSA) is 26.0 Å². The van der Waals surface area contributed by atoms with Gasteiger partial charge in [0.05, 0.1) is 4.90 Å². The zero-order chi connectivity index (χ0) is 9.42. The van der Waals surface area contributed by atoms with Crippen molar-refractivity contribution >= 4 is 11.8 Å². The summed E-state index contributed by atoms with van der Waals surface area (Å²) in [6.45, 7) is 0. The van der Waals surface area contributed by atoms with Crippen LogP contribution in [0.2, 0.25) is 0 Å². The number of fused-ring (bicyclic) bond motifs is 1. The molecule has 1 unspecified atom stereocenters. The molecule has 0 aliphatic carbocycles. The summed E-state index contributed by atoms with van der Waals surface area (Å²) in [6.07, 6.45) is 0.706. The first-order valence-electron chi connectivity index (χ1n) is 4.06. The Balaban J connectivity index is 2.60. The van der Waals surface area contributed by atoms with E-state index in [1.54, 1.807) is 0 Å². The van der Waals surface area contributed by atoms with Gasteiger partial charge in [-0.25, -0.2) is 8.78 Å². The van der Waals surface area contributed by atoms with Crippen LogP contribution in [0.15, 0.2) is 17.0 Å². The molecule has 0 saturated carbocycles. The monoisotopic (exact) mass is 201 g/mol. The van der Waals surface area contributed by atoms with Crippen LogP contribution in [-0.2, 0) is 0 Å². The first kappa shape index (κ1) is 8.97. The molecule has 0 saturated heterocycles. The predicted octanol–water partition coefficient (Wildman–Crippen LogP) is 2.46. The van der Waals surface area contributed by atoms with Crippen LogP contribution in [0.4, 0.5) is 8.78 Å². The normalized spacial score (nSPS) is 21.3. The van der Waals surface area contributed by atoms with Crippen LogP contribution >= 0.6 is 11.8 Å². The Bertz CT molecular complexity index is 341. The van der Waals surface area contributed by atoms with Crippen molar-refractivity contribution in [1.29, 1.82) is 0 Å². The quantitative estimate of drug-likeness (QED) is 0.697. The van der Waals surface area contributed by atoms with Gasteiger partial charge in [-0.3, -0.25) is 0 Å². The lowest BCUT2D eigenvalue weighted by atomic mass is 10.0. The van der Waals surface area contributed by atoms with E-state index < -0.39 is 5.82 Å². The molecule has 4 heteroatoms. The Hall–Kier alpha value is -0.610. The second-order valence-electron chi connectivity index (χ2n) is 3.02. The summed E-state index contributed by atoms with van der Waals surface area (Å²) in [4.78, 5) is 0.388. The summed E-state index contributed by atoms with van der Waals surface area (Å²) >= 11 is 1.34. The molecule has 0 fully saturated rings. The number of hydrogen-bond donors (Lipinski definition) is 1. The lowest BCUT2D eigenvalue weighted by Crippen LogP contribution is -2.18. The Kier molecular flexibility index (Phi) is 2.26. The SMILES string of the molecule is NC1CCSc2c(F)ccc(F)c21. The minimum atomic E-state index is -0.392. The summed E-state index contributed by atoms with van der Waals surface area (Å²) in [5, 5.41) is 0. The predicted molar refractivity (Wildman–Crippen MR) is 48.6 cm³/mol. The number of thioether (sulfide) groups is 1. The maximum atomic E-state index is 13.2. The van der Waals surface area contributed by atoms with Crippen molar-refractivity contribution in [2.75, 3.05) is 5.75 Å². The van der Waals surface area contributed by atoms with Gasteiger partial charge >= 0.3 is 0 Å². The maximum Gasteiger partial charge on any atom is 0.137 e. The van der Waals surface area contributed by atoms with Gasteiger partial charge < -0.3 is 5.73 Å². The van der Waals surface area contributed by atoms with Gasteiger partial charge in [0.1, 0.15) is 11.6 Å². The zero-order valence-electron chi connectivity index (χ0n) is 6.89. The fraction of sp³-hybridized carbons (Fsp3) is 0.333. The fourth-order valence-corrected chi connectivity index (χ4v) is 2.66. The molecule has 1 aliphatic heterocycles. The van der Waals surface area contributed by atoms with Gasteiger partial charge in [0.15, 0.2) is 0 Å². The molecular weight excluding hydrogens is 192 g/mol. The first-order valence-corrected chi connectivity index (χ1v) is 5.05. The molecule has 0 amide bonds. The van der Waals surface area contributed by atoms with Gasteiger partial charge in [0.2, 0.25) is 0 Å². The van der Waals surface area contributed by atoms with Crippen LogP contribution in [0.25, 0.3) is 0 Å². The summed E-state index contributed by atoms with van der Waals surface area (Å²) in [6, 6.07) is 1.94. The van der Waals surface area contributed by atoms with Gasteiger partial charge in [-0.15, -0.1) is 11.8 Å². The summed E-state index contributed by atoms with van der Waals surface area (Å²) < 4.78 is 26.4. The van der Waals surface area contributed by atoms with Crippen molar-refractivity contribution < 1.29 is 8.78 Å². The van der Waals surface area contributed by atoms with Crippen molar-refractivity contribution in [1.82, 2.24) is 0 Å². The van der Waals surface area contributed by atoms with E-state index in [1.807, 2.05) is 0 Å². The fourth-order valence-electron chi connectivity index (χ4n) is 1.47. The maximum absolute atomic E-state index is 13.2. The molecule has 70 valence electrons. The lowest BCUT2D eigenvalue weighted by molar-refractivity contribution is 0.528. The largest absolute Gasteiger partial charge is 0.324 e. The molecular formula is C9H9F2NS. The molecule has 2 rings (SSSR count). The molecule has 0 aromatic heterocycles. The molecule has 0 bridgehead atoms. The van der Waals surface area contributed by atoms with Crippen LogP contribution in [0.3, 0.4) is 0 Å². The molecule has 0 spiro atoms. The highest BCUT2D eigenvalue weighted by molar-refractivity contribution is 7.99. The van der Waals surface area contributed by atoms with Gasteiger partial charge in [-0.1, -0.05) is 0 Å². The minimum absolute atomic E-state index is 0.344. The Morgan fingerprint density at radius 3 is 2.69 bits per heavy atom. The molecule has 1 heterocycles. The third kappa shape index (κ3) is 1.44. The highest BCUT2D eigenvalue weighted by Crippen LogP contribution is 2.37. The molecule has 1 aliphatic rings. The van der Waals surface area contributed by atoms with E-state index >= 15 is 0 Å². The summed E-state index contributed by atoms with van der Waals surface area (Å²) in [7, 11) is 0. The van der Waals surface area contributed by atoms with Crippen LogP contribution in [0, 0.1) is 11.6 Å².